The number of nitrogens with one attached hydrogen (secondary N) is 6. The number of nitrogens with two attached hydrogens (primary N) is 3. The van der Waals surface area contributed by atoms with E-state index in [9.17, 15) is 89.0 Å². The van der Waals surface area contributed by atoms with E-state index >= 15 is 0 Å². The van der Waals surface area contributed by atoms with Gasteiger partial charge in [-0.05, 0) is 44.9 Å². The Morgan fingerprint density at radius 2 is 1.30 bits per heavy atom. The Morgan fingerprint density at radius 1 is 0.781 bits per heavy atom. The van der Waals surface area contributed by atoms with Crippen LogP contribution < -0.4 is 49.1 Å². The van der Waals surface area contributed by atoms with Crippen LogP contribution in [-0.4, -0.2) is 204 Å². The summed E-state index contributed by atoms with van der Waals surface area (Å²) >= 11 is 0. The van der Waals surface area contributed by atoms with Gasteiger partial charge >= 0.3 is 11.9 Å². The van der Waals surface area contributed by atoms with Gasteiger partial charge in [0.05, 0.1) is 19.1 Å². The van der Waals surface area contributed by atoms with Gasteiger partial charge in [-0.15, -0.1) is 0 Å². The van der Waals surface area contributed by atoms with E-state index in [1.165, 1.54) is 0 Å². The zero-order valence-corrected chi connectivity index (χ0v) is 34.6. The number of aliphatic imine (C=N–C) groups is 1. The number of hydroxylamine groups is 4. The molecule has 20 N–H and O–H groups in total. The maximum absolute atomic E-state index is 13.7. The van der Waals surface area contributed by atoms with Crippen LogP contribution in [0.1, 0.15) is 58.3 Å². The van der Waals surface area contributed by atoms with Gasteiger partial charge in [0.1, 0.15) is 36.3 Å². The van der Waals surface area contributed by atoms with Gasteiger partial charge in [-0.25, -0.2) is 19.7 Å². The number of carbonyl (C=O) groups is 10. The van der Waals surface area contributed by atoms with Gasteiger partial charge < -0.3 is 79.7 Å². The highest BCUT2D eigenvalue weighted by molar-refractivity contribution is 5.99. The quantitative estimate of drug-likeness (QED) is 0.0114. The Bertz CT molecular complexity index is 1700. The summed E-state index contributed by atoms with van der Waals surface area (Å²) in [5.74, 6) is -14.2. The monoisotopic (exact) mass is 922 g/mol. The molecular weight excluding hydrogens is 864 g/mol. The molecule has 0 saturated carbocycles. The van der Waals surface area contributed by atoms with Gasteiger partial charge in [-0.3, -0.25) is 53.8 Å². The van der Waals surface area contributed by atoms with Crippen molar-refractivity contribution in [3.63, 3.8) is 0 Å². The van der Waals surface area contributed by atoms with Crippen LogP contribution in [0.3, 0.4) is 0 Å². The number of rotatable bonds is 28. The van der Waals surface area contributed by atoms with Gasteiger partial charge in [-0.1, -0.05) is 0 Å². The number of aliphatic hydroxyl groups excluding tert-OH is 4. The average Bonchev–Trinajstić information content (AvgIpc) is 3.23. The van der Waals surface area contributed by atoms with Gasteiger partial charge in [-0.2, -0.15) is 0 Å². The molecule has 0 aromatic rings. The minimum atomic E-state index is -2.81. The third-order valence-electron chi connectivity index (χ3n) is 9.24. The molecule has 9 unspecified atom stereocenters. The first-order chi connectivity index (χ1) is 29.9. The molecule has 1 aliphatic rings. The molecule has 64 heavy (non-hydrogen) atoms. The number of carboxylic acids is 2. The summed E-state index contributed by atoms with van der Waals surface area (Å²) in [7, 11) is 0. The highest BCUT2D eigenvalue weighted by atomic mass is 16.5. The molecule has 1 heterocycles. The van der Waals surface area contributed by atoms with E-state index in [0.717, 1.165) is 6.92 Å². The second-order valence-electron chi connectivity index (χ2n) is 14.3. The molecule has 30 heteroatoms. The molecule has 1 rings (SSSR count). The summed E-state index contributed by atoms with van der Waals surface area (Å²) in [5.41, 5.74) is 15.9. The van der Waals surface area contributed by atoms with Gasteiger partial charge in [0, 0.05) is 33.1 Å². The van der Waals surface area contributed by atoms with Crippen LogP contribution in [0.15, 0.2) is 4.99 Å². The second-order valence-corrected chi connectivity index (χ2v) is 14.3. The minimum Gasteiger partial charge on any atom is -0.479 e. The number of piperidine rings is 1. The molecule has 1 saturated heterocycles. The van der Waals surface area contributed by atoms with Crippen LogP contribution >= 0.6 is 0 Å². The smallest absolute Gasteiger partial charge is 0.335 e. The van der Waals surface area contributed by atoms with Crippen LogP contribution in [-0.2, 0) is 47.9 Å². The summed E-state index contributed by atoms with van der Waals surface area (Å²) in [6.45, 7) is -1.03. The Labute approximate surface area is 363 Å². The number of carboxylic acid groups (broad SMARTS) is 2. The molecule has 9 atom stereocenters. The number of hydrogen-bond donors (Lipinski definition) is 17. The standard InChI is InChI=1S/C34H58N12O18/c1-15(48)45(63)10-4-7-18(26(53)41-19-8-5-11-46(64)31(19)58)39-28(55)20(14-47)42-30(57)23(25(52)33(61)62)44-27(54)17(6-2-3-9-38-34(36)37)40-29(56)22(24(51)32(59)60)43-21(50)12-16(49)13-35/h16-20,22-25,47,49,51-52,63-64H,2-14,35H2,1H3,(H,39,55)(H,40,56)(H,41,53)(H,42,57)(H,43,50)(H,44,54)(H,59,60)(H,61,62)(H4,36,37,38). The maximum atomic E-state index is 13.7. The fraction of sp³-hybridized carbons (Fsp3) is 0.676. The zero-order chi connectivity index (χ0) is 48.8. The van der Waals surface area contributed by atoms with Crippen LogP contribution in [0.4, 0.5) is 0 Å². The van der Waals surface area contributed by atoms with Crippen molar-refractivity contribution in [1.82, 2.24) is 42.0 Å². The van der Waals surface area contributed by atoms with Crippen molar-refractivity contribution in [3.05, 3.63) is 0 Å². The number of amides is 8. The Hall–Kier alpha value is -6.31. The molecule has 0 aliphatic carbocycles. The average molecular weight is 923 g/mol. The molecule has 0 bridgehead atoms. The number of guanidine groups is 1. The largest absolute Gasteiger partial charge is 0.479 e. The lowest BCUT2D eigenvalue weighted by atomic mass is 10.0. The number of unbranched alkanes of at least 4 members (excludes halogenated alkanes) is 1. The molecule has 1 fully saturated rings. The first-order valence-electron chi connectivity index (χ1n) is 19.6. The summed E-state index contributed by atoms with van der Waals surface area (Å²) in [4.78, 5) is 131. The van der Waals surface area contributed by atoms with Gasteiger partial charge in [0.2, 0.25) is 41.4 Å². The van der Waals surface area contributed by atoms with E-state index in [-0.39, 0.29) is 64.1 Å². The van der Waals surface area contributed by atoms with Crippen molar-refractivity contribution in [2.75, 3.05) is 32.8 Å². The highest BCUT2D eigenvalue weighted by Crippen LogP contribution is 2.12. The van der Waals surface area contributed by atoms with Crippen molar-refractivity contribution in [2.24, 2.45) is 22.2 Å². The van der Waals surface area contributed by atoms with Crippen molar-refractivity contribution in [3.8, 4) is 0 Å². The molecule has 362 valence electrons. The van der Waals surface area contributed by atoms with Crippen molar-refractivity contribution < 1.29 is 89.0 Å². The Kier molecular flexibility index (Phi) is 24.1. The molecule has 0 aromatic heterocycles. The lowest BCUT2D eigenvalue weighted by Crippen LogP contribution is -2.64. The Morgan fingerprint density at radius 3 is 1.83 bits per heavy atom. The number of aliphatic hydroxyl groups is 4. The number of hydrogen-bond acceptors (Lipinski definition) is 18. The summed E-state index contributed by atoms with van der Waals surface area (Å²) in [6.07, 6.45) is -8.09. The van der Waals surface area contributed by atoms with Gasteiger partial charge in [0.15, 0.2) is 18.2 Å². The highest BCUT2D eigenvalue weighted by Gasteiger charge is 2.40. The number of nitrogens with zero attached hydrogens (tertiary/aromatic N) is 3. The third-order valence-corrected chi connectivity index (χ3v) is 9.24. The Balaban J connectivity index is 3.43. The lowest BCUT2D eigenvalue weighted by Gasteiger charge is -2.30. The maximum Gasteiger partial charge on any atom is 0.335 e. The first kappa shape index (κ1) is 55.7. The van der Waals surface area contributed by atoms with Crippen molar-refractivity contribution >= 4 is 65.2 Å². The fourth-order valence-electron chi connectivity index (χ4n) is 5.71. The summed E-state index contributed by atoms with van der Waals surface area (Å²) < 4.78 is 0. The molecule has 0 aromatic carbocycles. The van der Waals surface area contributed by atoms with E-state index in [1.54, 1.807) is 0 Å². The van der Waals surface area contributed by atoms with E-state index in [2.05, 4.69) is 20.9 Å². The van der Waals surface area contributed by atoms with Gasteiger partial charge in [0.25, 0.3) is 5.91 Å². The third kappa shape index (κ3) is 19.0. The predicted molar refractivity (Wildman–Crippen MR) is 211 cm³/mol. The normalized spacial score (nSPS) is 17.3. The number of aliphatic carboxylic acids is 2. The van der Waals surface area contributed by atoms with Crippen LogP contribution in [0.25, 0.3) is 0 Å². The SMILES string of the molecule is CC(=O)N(O)CCCC(NC(=O)C(CO)NC(=O)C(NC(=O)C(CCCCN=C(N)N)NC(=O)C(NC(=O)CC(O)CN)C(O)C(=O)O)C(O)C(=O)O)C(=O)NC1CCCN(O)C1=O. The van der Waals surface area contributed by atoms with E-state index in [1.807, 2.05) is 16.0 Å². The molecule has 0 radical (unpaired) electrons. The summed E-state index contributed by atoms with van der Waals surface area (Å²) in [5, 5.41) is 92.1. The zero-order valence-electron chi connectivity index (χ0n) is 34.6. The number of carbonyl (C=O) groups excluding carboxylic acids is 8. The van der Waals surface area contributed by atoms with Crippen LogP contribution in [0.5, 0.6) is 0 Å². The molecule has 8 amide bonds. The molecular formula is C34H58N12O18. The topological polar surface area (TPSA) is 502 Å². The fourth-order valence-corrected chi connectivity index (χ4v) is 5.71. The predicted octanol–water partition coefficient (Wildman–Crippen LogP) is -9.04. The minimum absolute atomic E-state index is 0.0152. The summed E-state index contributed by atoms with van der Waals surface area (Å²) in [6, 6.07) is -11.6. The first-order valence-corrected chi connectivity index (χ1v) is 19.6. The van der Waals surface area contributed by atoms with E-state index in [0.29, 0.717) is 10.1 Å². The van der Waals surface area contributed by atoms with Crippen molar-refractivity contribution in [1.29, 1.82) is 0 Å². The molecule has 1 aliphatic heterocycles. The molecule has 0 spiro atoms. The van der Waals surface area contributed by atoms with E-state index < -0.39 is 140 Å². The van der Waals surface area contributed by atoms with Crippen LogP contribution in [0.2, 0.25) is 0 Å². The molecule has 30 nitrogen and oxygen atoms in total. The van der Waals surface area contributed by atoms with E-state index in [4.69, 9.17) is 17.2 Å². The lowest BCUT2D eigenvalue weighted by molar-refractivity contribution is -0.173. The second kappa shape index (κ2) is 27.7. The van der Waals surface area contributed by atoms with Crippen LogP contribution in [0, 0.1) is 0 Å². The van der Waals surface area contributed by atoms with Crippen molar-refractivity contribution in [2.45, 2.75) is 113 Å².